The number of hydrogen-bond donors (Lipinski definition) is 1. The second-order valence-electron chi connectivity index (χ2n) is 4.82. The third kappa shape index (κ3) is 4.00. The number of hydrogen-bond acceptors (Lipinski definition) is 4. The van der Waals surface area contributed by atoms with Crippen molar-refractivity contribution in [1.82, 2.24) is 19.9 Å². The molecule has 4 nitrogen and oxygen atoms in total. The fourth-order valence-electron chi connectivity index (χ4n) is 2.13. The van der Waals surface area contributed by atoms with Crippen LogP contribution in [0.1, 0.15) is 11.4 Å². The molecule has 0 aliphatic rings. The van der Waals surface area contributed by atoms with E-state index in [4.69, 9.17) is 0 Å². The summed E-state index contributed by atoms with van der Waals surface area (Å²) in [6.07, 6.45) is 6.75. The zero-order chi connectivity index (χ0) is 14.3. The summed E-state index contributed by atoms with van der Waals surface area (Å²) in [6, 6.07) is 10.3. The highest BCUT2D eigenvalue weighted by Gasteiger charge is 2.03. The molecule has 0 atom stereocenters. The molecule has 21 heavy (non-hydrogen) atoms. The zero-order valence-corrected chi connectivity index (χ0v) is 12.6. The van der Waals surface area contributed by atoms with Crippen LogP contribution >= 0.6 is 11.3 Å². The molecule has 0 aliphatic carbocycles. The fourth-order valence-corrected chi connectivity index (χ4v) is 2.91. The molecular formula is C16H18N4S. The van der Waals surface area contributed by atoms with Gasteiger partial charge in [0.05, 0.1) is 12.0 Å². The highest BCUT2D eigenvalue weighted by molar-refractivity contribution is 7.09. The molecule has 108 valence electrons. The van der Waals surface area contributed by atoms with Crippen molar-refractivity contribution in [2.75, 3.05) is 6.54 Å². The second-order valence-corrected chi connectivity index (χ2v) is 5.77. The number of rotatable bonds is 7. The van der Waals surface area contributed by atoms with Gasteiger partial charge in [0.2, 0.25) is 0 Å². The molecule has 2 aromatic heterocycles. The molecule has 0 saturated carbocycles. The van der Waals surface area contributed by atoms with Crippen LogP contribution < -0.4 is 5.32 Å². The van der Waals surface area contributed by atoms with Crippen molar-refractivity contribution in [2.45, 2.75) is 19.5 Å². The summed E-state index contributed by atoms with van der Waals surface area (Å²) in [5.41, 5.74) is 2.25. The van der Waals surface area contributed by atoms with Gasteiger partial charge in [0.15, 0.2) is 0 Å². The monoisotopic (exact) mass is 298 g/mol. The molecule has 0 bridgehead atoms. The molecule has 0 unspecified atom stereocenters. The van der Waals surface area contributed by atoms with E-state index >= 15 is 0 Å². The van der Waals surface area contributed by atoms with Gasteiger partial charge in [0.25, 0.3) is 0 Å². The Hall–Kier alpha value is -1.98. The van der Waals surface area contributed by atoms with E-state index in [-0.39, 0.29) is 0 Å². The molecule has 3 aromatic rings. The summed E-state index contributed by atoms with van der Waals surface area (Å²) >= 11 is 1.71. The highest BCUT2D eigenvalue weighted by atomic mass is 32.1. The number of thiazole rings is 1. The van der Waals surface area contributed by atoms with Gasteiger partial charge in [0.1, 0.15) is 5.01 Å². The SMILES string of the molecule is c1ccc(-c2csc(CNCCCn3ccnc3)n2)cc1. The lowest BCUT2D eigenvalue weighted by Gasteiger charge is -2.03. The average Bonchev–Trinajstić information content (AvgIpc) is 3.19. The van der Waals surface area contributed by atoms with Crippen molar-refractivity contribution in [3.05, 3.63) is 59.4 Å². The van der Waals surface area contributed by atoms with Gasteiger partial charge in [-0.1, -0.05) is 30.3 Å². The van der Waals surface area contributed by atoms with Crippen LogP contribution in [0.3, 0.4) is 0 Å². The lowest BCUT2D eigenvalue weighted by atomic mass is 10.2. The zero-order valence-electron chi connectivity index (χ0n) is 11.8. The van der Waals surface area contributed by atoms with E-state index in [0.29, 0.717) is 0 Å². The standard InChI is InChI=1S/C16H18N4S/c1-2-5-14(6-3-1)15-12-21-16(19-15)11-17-7-4-9-20-10-8-18-13-20/h1-3,5-6,8,10,12-13,17H,4,7,9,11H2. The largest absolute Gasteiger partial charge is 0.337 e. The Morgan fingerprint density at radius 2 is 2.10 bits per heavy atom. The van der Waals surface area contributed by atoms with Gasteiger partial charge in [-0.05, 0) is 13.0 Å². The predicted octanol–water partition coefficient (Wildman–Crippen LogP) is 3.19. The minimum Gasteiger partial charge on any atom is -0.337 e. The number of imidazole rings is 1. The molecule has 0 saturated heterocycles. The van der Waals surface area contributed by atoms with E-state index in [1.807, 2.05) is 36.9 Å². The Morgan fingerprint density at radius 3 is 2.90 bits per heavy atom. The van der Waals surface area contributed by atoms with Gasteiger partial charge in [-0.3, -0.25) is 0 Å². The predicted molar refractivity (Wildman–Crippen MR) is 86.1 cm³/mol. The molecule has 0 fully saturated rings. The second kappa shape index (κ2) is 7.15. The van der Waals surface area contributed by atoms with Crippen LogP contribution in [0.25, 0.3) is 11.3 Å². The number of nitrogens with zero attached hydrogens (tertiary/aromatic N) is 3. The van der Waals surface area contributed by atoms with Crippen LogP contribution in [-0.2, 0) is 13.1 Å². The minimum absolute atomic E-state index is 0.835. The van der Waals surface area contributed by atoms with Crippen LogP contribution in [0.2, 0.25) is 0 Å². The molecule has 0 radical (unpaired) electrons. The summed E-state index contributed by atoms with van der Waals surface area (Å²) < 4.78 is 2.10. The van der Waals surface area contributed by atoms with Gasteiger partial charge in [-0.2, -0.15) is 0 Å². The van der Waals surface area contributed by atoms with Crippen LogP contribution in [0, 0.1) is 0 Å². The lowest BCUT2D eigenvalue weighted by Crippen LogP contribution is -2.16. The van der Waals surface area contributed by atoms with E-state index in [2.05, 4.69) is 37.4 Å². The molecule has 1 N–H and O–H groups in total. The van der Waals surface area contributed by atoms with Crippen molar-refractivity contribution >= 4 is 11.3 Å². The highest BCUT2D eigenvalue weighted by Crippen LogP contribution is 2.21. The van der Waals surface area contributed by atoms with E-state index in [9.17, 15) is 0 Å². The van der Waals surface area contributed by atoms with Gasteiger partial charge < -0.3 is 9.88 Å². The summed E-state index contributed by atoms with van der Waals surface area (Å²) in [7, 11) is 0. The Labute approximate surface area is 128 Å². The Kier molecular flexibility index (Phi) is 4.76. The topological polar surface area (TPSA) is 42.7 Å². The minimum atomic E-state index is 0.835. The van der Waals surface area contributed by atoms with Gasteiger partial charge >= 0.3 is 0 Å². The molecule has 0 spiro atoms. The van der Waals surface area contributed by atoms with E-state index in [0.717, 1.165) is 36.8 Å². The van der Waals surface area contributed by atoms with Crippen LogP contribution in [0.4, 0.5) is 0 Å². The first-order chi connectivity index (χ1) is 10.4. The summed E-state index contributed by atoms with van der Waals surface area (Å²) in [5.74, 6) is 0. The summed E-state index contributed by atoms with van der Waals surface area (Å²) in [6.45, 7) is 2.82. The third-order valence-corrected chi connectivity index (χ3v) is 4.08. The van der Waals surface area contributed by atoms with Crippen molar-refractivity contribution in [3.8, 4) is 11.3 Å². The Morgan fingerprint density at radius 1 is 1.19 bits per heavy atom. The number of benzene rings is 1. The van der Waals surface area contributed by atoms with E-state index in [1.54, 1.807) is 11.3 Å². The average molecular weight is 298 g/mol. The van der Waals surface area contributed by atoms with E-state index in [1.165, 1.54) is 5.56 Å². The number of aryl methyl sites for hydroxylation is 1. The number of aromatic nitrogens is 3. The fraction of sp³-hybridized carbons (Fsp3) is 0.250. The summed E-state index contributed by atoms with van der Waals surface area (Å²) in [4.78, 5) is 8.70. The normalized spacial score (nSPS) is 10.9. The van der Waals surface area contributed by atoms with Crippen molar-refractivity contribution < 1.29 is 0 Å². The number of nitrogens with one attached hydrogen (secondary N) is 1. The van der Waals surface area contributed by atoms with Crippen LogP contribution in [0.15, 0.2) is 54.4 Å². The first kappa shape index (κ1) is 14.0. The quantitative estimate of drug-likeness (QED) is 0.681. The van der Waals surface area contributed by atoms with Gasteiger partial charge in [0, 0.05) is 36.4 Å². The first-order valence-electron chi connectivity index (χ1n) is 7.08. The Balaban J connectivity index is 1.43. The van der Waals surface area contributed by atoms with E-state index < -0.39 is 0 Å². The van der Waals surface area contributed by atoms with Crippen molar-refractivity contribution in [3.63, 3.8) is 0 Å². The van der Waals surface area contributed by atoms with Crippen molar-refractivity contribution in [2.24, 2.45) is 0 Å². The molecule has 0 aliphatic heterocycles. The third-order valence-electron chi connectivity index (χ3n) is 3.23. The van der Waals surface area contributed by atoms with Gasteiger partial charge in [-0.15, -0.1) is 11.3 Å². The summed E-state index contributed by atoms with van der Waals surface area (Å²) in [5, 5.41) is 6.70. The van der Waals surface area contributed by atoms with Crippen LogP contribution in [0.5, 0.6) is 0 Å². The van der Waals surface area contributed by atoms with Crippen LogP contribution in [-0.4, -0.2) is 21.1 Å². The lowest BCUT2D eigenvalue weighted by molar-refractivity contribution is 0.580. The molecule has 3 rings (SSSR count). The Bertz CT molecular complexity index is 646. The maximum Gasteiger partial charge on any atom is 0.107 e. The first-order valence-corrected chi connectivity index (χ1v) is 7.96. The molecular weight excluding hydrogens is 280 g/mol. The molecule has 0 amide bonds. The molecule has 1 aromatic carbocycles. The maximum atomic E-state index is 4.67. The van der Waals surface area contributed by atoms with Crippen molar-refractivity contribution in [1.29, 1.82) is 0 Å². The molecule has 2 heterocycles. The smallest absolute Gasteiger partial charge is 0.107 e. The maximum absolute atomic E-state index is 4.67. The molecule has 5 heteroatoms. The van der Waals surface area contributed by atoms with Gasteiger partial charge in [-0.25, -0.2) is 9.97 Å².